The number of aromatic nitrogens is 1. The molecular weight excluding hydrogens is 310 g/mol. The van der Waals surface area contributed by atoms with E-state index in [1.807, 2.05) is 30.3 Å². The summed E-state index contributed by atoms with van der Waals surface area (Å²) < 4.78 is 9.20. The summed E-state index contributed by atoms with van der Waals surface area (Å²) in [6.45, 7) is 0. The van der Waals surface area contributed by atoms with E-state index in [2.05, 4.69) is 9.69 Å². The average molecular weight is 321 g/mol. The standard InChI is InChI=1S/C13H11N3O3S2/c1-19-9-4-2-8(3-5-9)7-20-12-10(6-14)11(21-16-12)15-13(17)18/h2-5,15H,7H2,1H3,(H,17,18). The minimum Gasteiger partial charge on any atom is -0.497 e. The number of benzene rings is 1. The quantitative estimate of drug-likeness (QED) is 0.819. The largest absolute Gasteiger partial charge is 0.497 e. The van der Waals surface area contributed by atoms with Crippen molar-refractivity contribution in [1.29, 1.82) is 5.26 Å². The minimum atomic E-state index is -1.21. The van der Waals surface area contributed by atoms with Crippen LogP contribution in [0.15, 0.2) is 29.3 Å². The molecule has 0 unspecified atom stereocenters. The summed E-state index contributed by atoms with van der Waals surface area (Å²) in [6.07, 6.45) is -1.21. The monoisotopic (exact) mass is 321 g/mol. The van der Waals surface area contributed by atoms with Crippen molar-refractivity contribution < 1.29 is 14.6 Å². The number of thioether (sulfide) groups is 1. The molecule has 0 aliphatic carbocycles. The maximum atomic E-state index is 10.6. The predicted molar refractivity (Wildman–Crippen MR) is 81.0 cm³/mol. The number of hydrogen-bond acceptors (Lipinski definition) is 6. The number of rotatable bonds is 5. The van der Waals surface area contributed by atoms with E-state index in [0.717, 1.165) is 22.8 Å². The molecule has 1 amide bonds. The van der Waals surface area contributed by atoms with E-state index in [4.69, 9.17) is 15.1 Å². The van der Waals surface area contributed by atoms with E-state index < -0.39 is 6.09 Å². The van der Waals surface area contributed by atoms with Gasteiger partial charge in [0.1, 0.15) is 27.4 Å². The number of carboxylic acid groups (broad SMARTS) is 1. The zero-order chi connectivity index (χ0) is 15.2. The molecule has 8 heteroatoms. The van der Waals surface area contributed by atoms with Gasteiger partial charge in [0.25, 0.3) is 0 Å². The lowest BCUT2D eigenvalue weighted by atomic mass is 10.2. The molecule has 0 fully saturated rings. The molecule has 6 nitrogen and oxygen atoms in total. The molecule has 0 atom stereocenters. The SMILES string of the molecule is COc1ccc(CSc2nsc(NC(=O)O)c2C#N)cc1. The average Bonchev–Trinajstić information content (AvgIpc) is 2.86. The number of nitrogens with zero attached hydrogens (tertiary/aromatic N) is 2. The predicted octanol–water partition coefficient (Wildman–Crippen LogP) is 3.41. The lowest BCUT2D eigenvalue weighted by Crippen LogP contribution is -2.06. The molecule has 1 aromatic heterocycles. The summed E-state index contributed by atoms with van der Waals surface area (Å²) in [5.74, 6) is 1.41. The van der Waals surface area contributed by atoms with Crippen LogP contribution < -0.4 is 10.1 Å². The van der Waals surface area contributed by atoms with Crippen LogP contribution in [0.25, 0.3) is 0 Å². The van der Waals surface area contributed by atoms with Crippen molar-refractivity contribution in [2.24, 2.45) is 0 Å². The molecule has 1 heterocycles. The van der Waals surface area contributed by atoms with Crippen LogP contribution in [0.1, 0.15) is 11.1 Å². The highest BCUT2D eigenvalue weighted by molar-refractivity contribution is 7.98. The number of amides is 1. The van der Waals surface area contributed by atoms with Crippen LogP contribution in [0.4, 0.5) is 9.80 Å². The Morgan fingerprint density at radius 1 is 1.52 bits per heavy atom. The van der Waals surface area contributed by atoms with Crippen LogP contribution >= 0.6 is 23.3 Å². The number of nitriles is 1. The molecule has 0 bridgehead atoms. The second kappa shape index (κ2) is 6.97. The van der Waals surface area contributed by atoms with Crippen LogP contribution in [0.5, 0.6) is 5.75 Å². The zero-order valence-electron chi connectivity index (χ0n) is 11.0. The Hall–Kier alpha value is -2.24. The number of hydrogen-bond donors (Lipinski definition) is 2. The van der Waals surface area contributed by atoms with E-state index in [-0.39, 0.29) is 10.6 Å². The molecule has 0 saturated heterocycles. The molecule has 0 aliphatic rings. The van der Waals surface area contributed by atoms with Gasteiger partial charge in [0, 0.05) is 5.75 Å². The van der Waals surface area contributed by atoms with Crippen LogP contribution in [0.3, 0.4) is 0 Å². The number of methoxy groups -OCH3 is 1. The molecule has 2 aromatic rings. The molecule has 21 heavy (non-hydrogen) atoms. The molecule has 1 aromatic carbocycles. The van der Waals surface area contributed by atoms with E-state index in [1.165, 1.54) is 11.8 Å². The van der Waals surface area contributed by atoms with Crippen LogP contribution in [0, 0.1) is 11.3 Å². The van der Waals surface area contributed by atoms with E-state index in [0.29, 0.717) is 10.8 Å². The van der Waals surface area contributed by atoms with Crippen molar-refractivity contribution in [1.82, 2.24) is 4.37 Å². The van der Waals surface area contributed by atoms with Gasteiger partial charge in [-0.15, -0.1) is 0 Å². The van der Waals surface area contributed by atoms with Crippen LogP contribution in [-0.2, 0) is 5.75 Å². The molecule has 2 rings (SSSR count). The molecule has 0 spiro atoms. The van der Waals surface area contributed by atoms with Gasteiger partial charge in [-0.05, 0) is 29.2 Å². The first-order chi connectivity index (χ1) is 10.1. The Morgan fingerprint density at radius 3 is 2.81 bits per heavy atom. The molecule has 0 radical (unpaired) electrons. The Labute approximate surface area is 129 Å². The highest BCUT2D eigenvalue weighted by Gasteiger charge is 2.15. The van der Waals surface area contributed by atoms with Gasteiger partial charge in [0.05, 0.1) is 7.11 Å². The second-order valence-electron chi connectivity index (χ2n) is 3.87. The number of anilines is 1. The smallest absolute Gasteiger partial charge is 0.409 e. The highest BCUT2D eigenvalue weighted by atomic mass is 32.2. The normalized spacial score (nSPS) is 9.90. The van der Waals surface area contributed by atoms with Crippen LogP contribution in [0.2, 0.25) is 0 Å². The Bertz CT molecular complexity index is 677. The fourth-order valence-electron chi connectivity index (χ4n) is 1.53. The maximum absolute atomic E-state index is 10.6. The lowest BCUT2D eigenvalue weighted by molar-refractivity contribution is 0.210. The highest BCUT2D eigenvalue weighted by Crippen LogP contribution is 2.33. The molecular formula is C13H11N3O3S2. The first-order valence-electron chi connectivity index (χ1n) is 5.79. The summed E-state index contributed by atoms with van der Waals surface area (Å²) in [5, 5.41) is 20.8. The number of carbonyl (C=O) groups is 1. The van der Waals surface area contributed by atoms with Crippen molar-refractivity contribution >= 4 is 34.4 Å². The first kappa shape index (κ1) is 15.2. The third-order valence-electron chi connectivity index (χ3n) is 2.53. The van der Waals surface area contributed by atoms with Gasteiger partial charge >= 0.3 is 6.09 Å². The molecule has 0 saturated carbocycles. The van der Waals surface area contributed by atoms with Gasteiger partial charge in [0.15, 0.2) is 0 Å². The van der Waals surface area contributed by atoms with Crippen molar-refractivity contribution in [3.8, 4) is 11.8 Å². The maximum Gasteiger partial charge on any atom is 0.409 e. The van der Waals surface area contributed by atoms with Gasteiger partial charge in [-0.25, -0.2) is 4.79 Å². The molecule has 0 aliphatic heterocycles. The Kier molecular flexibility index (Phi) is 5.03. The topological polar surface area (TPSA) is 95.2 Å². The van der Waals surface area contributed by atoms with E-state index in [1.54, 1.807) is 7.11 Å². The summed E-state index contributed by atoms with van der Waals surface area (Å²) in [4.78, 5) is 10.6. The van der Waals surface area contributed by atoms with Crippen molar-refractivity contribution in [2.45, 2.75) is 10.8 Å². The molecule has 108 valence electrons. The zero-order valence-corrected chi connectivity index (χ0v) is 12.6. The lowest BCUT2D eigenvalue weighted by Gasteiger charge is -2.02. The van der Waals surface area contributed by atoms with Crippen LogP contribution in [-0.4, -0.2) is 22.7 Å². The van der Waals surface area contributed by atoms with Gasteiger partial charge in [-0.1, -0.05) is 23.9 Å². The molecule has 2 N–H and O–H groups in total. The summed E-state index contributed by atoms with van der Waals surface area (Å²) in [7, 11) is 1.61. The number of ether oxygens (including phenoxy) is 1. The third-order valence-corrected chi connectivity index (χ3v) is 4.45. The van der Waals surface area contributed by atoms with Crippen molar-refractivity contribution in [2.75, 3.05) is 12.4 Å². The minimum absolute atomic E-state index is 0.252. The Balaban J connectivity index is 2.07. The van der Waals surface area contributed by atoms with Gasteiger partial charge in [-0.2, -0.15) is 9.64 Å². The third kappa shape index (κ3) is 3.87. The van der Waals surface area contributed by atoms with Crippen molar-refractivity contribution in [3.05, 3.63) is 35.4 Å². The first-order valence-corrected chi connectivity index (χ1v) is 7.55. The van der Waals surface area contributed by atoms with Gasteiger partial charge in [-0.3, -0.25) is 5.32 Å². The number of nitrogens with one attached hydrogen (secondary N) is 1. The second-order valence-corrected chi connectivity index (χ2v) is 5.61. The van der Waals surface area contributed by atoms with Gasteiger partial charge < -0.3 is 9.84 Å². The summed E-state index contributed by atoms with van der Waals surface area (Å²) in [5.41, 5.74) is 1.33. The van der Waals surface area contributed by atoms with Crippen molar-refractivity contribution in [3.63, 3.8) is 0 Å². The van der Waals surface area contributed by atoms with E-state index >= 15 is 0 Å². The fraction of sp³-hybridized carbons (Fsp3) is 0.154. The fourth-order valence-corrected chi connectivity index (χ4v) is 3.34. The van der Waals surface area contributed by atoms with Gasteiger partial charge in [0.2, 0.25) is 0 Å². The summed E-state index contributed by atoms with van der Waals surface area (Å²) in [6, 6.07) is 9.57. The van der Waals surface area contributed by atoms with E-state index in [9.17, 15) is 4.79 Å². The summed E-state index contributed by atoms with van der Waals surface area (Å²) >= 11 is 2.35. The Morgan fingerprint density at radius 2 is 2.24 bits per heavy atom.